The van der Waals surface area contributed by atoms with Crippen LogP contribution in [0.25, 0.3) is 0 Å². The molecule has 0 spiro atoms. The van der Waals surface area contributed by atoms with E-state index in [-0.39, 0.29) is 11.4 Å². The van der Waals surface area contributed by atoms with Crippen LogP contribution in [0.4, 0.5) is 5.69 Å². The van der Waals surface area contributed by atoms with Crippen LogP contribution in [0.3, 0.4) is 0 Å². The highest BCUT2D eigenvalue weighted by Gasteiger charge is 2.21. The number of aromatic nitrogens is 1. The number of methoxy groups -OCH3 is 1. The van der Waals surface area contributed by atoms with Crippen molar-refractivity contribution in [2.45, 2.75) is 12.2 Å². The fourth-order valence-corrected chi connectivity index (χ4v) is 1.30. The second kappa shape index (κ2) is 5.20. The molecule has 0 radical (unpaired) electrons. The van der Waals surface area contributed by atoms with Crippen molar-refractivity contribution in [1.29, 1.82) is 0 Å². The van der Waals surface area contributed by atoms with E-state index in [2.05, 4.69) is 17.6 Å². The van der Waals surface area contributed by atoms with E-state index in [4.69, 9.17) is 10.5 Å². The average Bonchev–Trinajstić information content (AvgIpc) is 2.27. The molecule has 0 aliphatic carbocycles. The van der Waals surface area contributed by atoms with Crippen molar-refractivity contribution in [3.8, 4) is 5.88 Å². The summed E-state index contributed by atoms with van der Waals surface area (Å²) in [6.45, 7) is 0. The molecule has 1 heterocycles. The summed E-state index contributed by atoms with van der Waals surface area (Å²) >= 11 is 3.88. The Morgan fingerprint density at radius 1 is 1.53 bits per heavy atom. The van der Waals surface area contributed by atoms with Crippen LogP contribution in [0.2, 0.25) is 0 Å². The smallest absolute Gasteiger partial charge is 0.213 e. The lowest BCUT2D eigenvalue weighted by atomic mass is 10.1. The van der Waals surface area contributed by atoms with Crippen LogP contribution in [-0.4, -0.2) is 34.2 Å². The van der Waals surface area contributed by atoms with Crippen LogP contribution in [0.15, 0.2) is 12.1 Å². The predicted octanol–water partition coefficient (Wildman–Crippen LogP) is -0.00350. The molecule has 84 valence electrons. The molecule has 1 aromatic rings. The summed E-state index contributed by atoms with van der Waals surface area (Å²) in [7, 11) is 1.46. The van der Waals surface area contributed by atoms with Crippen molar-refractivity contribution in [3.05, 3.63) is 17.8 Å². The summed E-state index contributed by atoms with van der Waals surface area (Å²) in [6, 6.07) is 3.15. The second-order valence-corrected chi connectivity index (χ2v) is 3.39. The standard InChI is InChI=1S/C9H14N2O3S/c1-14-7-3-2-5(10)8(11-7)9(13)6(12)4-15/h2-3,6,9,12-13,15H,4,10H2,1H3. The molecular formula is C9H14N2O3S. The number of hydrogen-bond acceptors (Lipinski definition) is 6. The molecule has 4 N–H and O–H groups in total. The van der Waals surface area contributed by atoms with Crippen molar-refractivity contribution in [1.82, 2.24) is 4.98 Å². The lowest BCUT2D eigenvalue weighted by Crippen LogP contribution is -2.22. The zero-order valence-corrected chi connectivity index (χ0v) is 9.19. The van der Waals surface area contributed by atoms with Gasteiger partial charge < -0.3 is 20.7 Å². The van der Waals surface area contributed by atoms with Crippen LogP contribution in [0.5, 0.6) is 5.88 Å². The van der Waals surface area contributed by atoms with E-state index in [1.807, 2.05) is 0 Å². The number of pyridine rings is 1. The van der Waals surface area contributed by atoms with Crippen molar-refractivity contribution in [2.24, 2.45) is 0 Å². The molecular weight excluding hydrogens is 216 g/mol. The van der Waals surface area contributed by atoms with E-state index in [0.29, 0.717) is 11.6 Å². The third-order valence-corrected chi connectivity index (χ3v) is 2.35. The summed E-state index contributed by atoms with van der Waals surface area (Å²) in [4.78, 5) is 3.97. The molecule has 0 saturated carbocycles. The Kier molecular flexibility index (Phi) is 4.19. The highest BCUT2D eigenvalue weighted by molar-refractivity contribution is 7.80. The average molecular weight is 230 g/mol. The maximum Gasteiger partial charge on any atom is 0.213 e. The van der Waals surface area contributed by atoms with Gasteiger partial charge in [0.2, 0.25) is 5.88 Å². The minimum Gasteiger partial charge on any atom is -0.481 e. The molecule has 5 nitrogen and oxygen atoms in total. The Bertz CT molecular complexity index is 335. The van der Waals surface area contributed by atoms with Gasteiger partial charge >= 0.3 is 0 Å². The van der Waals surface area contributed by atoms with Gasteiger partial charge in [0, 0.05) is 11.8 Å². The van der Waals surface area contributed by atoms with Gasteiger partial charge in [0.15, 0.2) is 0 Å². The fourth-order valence-electron chi connectivity index (χ4n) is 1.10. The van der Waals surface area contributed by atoms with Crippen LogP contribution in [0, 0.1) is 0 Å². The fraction of sp³-hybridized carbons (Fsp3) is 0.444. The largest absolute Gasteiger partial charge is 0.481 e. The molecule has 0 saturated heterocycles. The summed E-state index contributed by atoms with van der Waals surface area (Å²) < 4.78 is 4.89. The topological polar surface area (TPSA) is 88.6 Å². The minimum absolute atomic E-state index is 0.125. The first-order valence-corrected chi connectivity index (χ1v) is 5.00. The number of nitrogens with two attached hydrogens (primary N) is 1. The number of aliphatic hydroxyl groups excluding tert-OH is 2. The third kappa shape index (κ3) is 2.74. The molecule has 1 rings (SSSR count). The summed E-state index contributed by atoms with van der Waals surface area (Å²) in [5, 5.41) is 19.1. The Hall–Kier alpha value is -0.980. The van der Waals surface area contributed by atoms with E-state index >= 15 is 0 Å². The molecule has 2 unspecified atom stereocenters. The molecule has 2 atom stereocenters. The van der Waals surface area contributed by atoms with E-state index in [1.54, 1.807) is 12.1 Å². The van der Waals surface area contributed by atoms with Gasteiger partial charge in [-0.25, -0.2) is 4.98 Å². The number of thiol groups is 1. The molecule has 0 bridgehead atoms. The molecule has 0 amide bonds. The quantitative estimate of drug-likeness (QED) is 0.547. The highest BCUT2D eigenvalue weighted by Crippen LogP contribution is 2.24. The number of hydrogen-bond donors (Lipinski definition) is 4. The van der Waals surface area contributed by atoms with Crippen LogP contribution in [-0.2, 0) is 0 Å². The first-order valence-electron chi connectivity index (χ1n) is 4.37. The Labute approximate surface area is 93.3 Å². The Morgan fingerprint density at radius 3 is 2.73 bits per heavy atom. The minimum atomic E-state index is -1.16. The van der Waals surface area contributed by atoms with E-state index in [1.165, 1.54) is 7.11 Å². The van der Waals surface area contributed by atoms with Gasteiger partial charge in [-0.3, -0.25) is 0 Å². The number of nitrogens with zero attached hydrogens (tertiary/aromatic N) is 1. The molecule has 6 heteroatoms. The maximum atomic E-state index is 9.69. The lowest BCUT2D eigenvalue weighted by Gasteiger charge is -2.17. The number of nitrogen functional groups attached to an aromatic ring is 1. The number of anilines is 1. The zero-order valence-electron chi connectivity index (χ0n) is 8.29. The Morgan fingerprint density at radius 2 is 2.20 bits per heavy atom. The van der Waals surface area contributed by atoms with Gasteiger partial charge in [-0.15, -0.1) is 0 Å². The van der Waals surface area contributed by atoms with Gasteiger partial charge in [-0.05, 0) is 6.07 Å². The summed E-state index contributed by atoms with van der Waals surface area (Å²) in [5.74, 6) is 0.462. The first-order chi connectivity index (χ1) is 7.10. The molecule has 15 heavy (non-hydrogen) atoms. The number of ether oxygens (including phenoxy) is 1. The molecule has 0 aliphatic rings. The SMILES string of the molecule is COc1ccc(N)c(C(O)C(O)CS)n1. The number of rotatable bonds is 4. The second-order valence-electron chi connectivity index (χ2n) is 3.02. The summed E-state index contributed by atoms with van der Waals surface area (Å²) in [5.41, 5.74) is 6.14. The maximum absolute atomic E-state index is 9.69. The van der Waals surface area contributed by atoms with Crippen LogP contribution >= 0.6 is 12.6 Å². The predicted molar refractivity (Wildman–Crippen MR) is 60.0 cm³/mol. The molecule has 0 aliphatic heterocycles. The molecule has 0 fully saturated rings. The number of aliphatic hydroxyl groups is 2. The van der Waals surface area contributed by atoms with Crippen LogP contribution in [0.1, 0.15) is 11.8 Å². The van der Waals surface area contributed by atoms with Crippen molar-refractivity contribution in [3.63, 3.8) is 0 Å². The van der Waals surface area contributed by atoms with Gasteiger partial charge in [0.05, 0.1) is 24.6 Å². The summed E-state index contributed by atoms with van der Waals surface area (Å²) in [6.07, 6.45) is -2.16. The van der Waals surface area contributed by atoms with Crippen molar-refractivity contribution in [2.75, 3.05) is 18.6 Å². The van der Waals surface area contributed by atoms with Crippen molar-refractivity contribution < 1.29 is 14.9 Å². The van der Waals surface area contributed by atoms with Gasteiger partial charge in [0.25, 0.3) is 0 Å². The van der Waals surface area contributed by atoms with Gasteiger partial charge in [-0.1, -0.05) is 0 Å². The van der Waals surface area contributed by atoms with E-state index in [9.17, 15) is 10.2 Å². The highest BCUT2D eigenvalue weighted by atomic mass is 32.1. The van der Waals surface area contributed by atoms with Crippen LogP contribution < -0.4 is 10.5 Å². The van der Waals surface area contributed by atoms with E-state index in [0.717, 1.165) is 0 Å². The van der Waals surface area contributed by atoms with Gasteiger partial charge in [-0.2, -0.15) is 12.6 Å². The molecule has 0 aromatic carbocycles. The third-order valence-electron chi connectivity index (χ3n) is 1.97. The lowest BCUT2D eigenvalue weighted by molar-refractivity contribution is 0.0312. The normalized spacial score (nSPS) is 14.7. The molecule has 1 aromatic heterocycles. The first kappa shape index (κ1) is 12.1. The Balaban J connectivity index is 3.01. The van der Waals surface area contributed by atoms with Crippen molar-refractivity contribution >= 4 is 18.3 Å². The monoisotopic (exact) mass is 230 g/mol. The van der Waals surface area contributed by atoms with E-state index < -0.39 is 12.2 Å². The van der Waals surface area contributed by atoms with Gasteiger partial charge in [0.1, 0.15) is 6.10 Å². The zero-order chi connectivity index (χ0) is 11.4.